The molecule has 1 aromatic carbocycles. The number of amides is 1. The Hall–Kier alpha value is -2.90. The van der Waals surface area contributed by atoms with Gasteiger partial charge < -0.3 is 19.2 Å². The molecule has 1 amide bonds. The number of imidazole rings is 1. The average molecular weight is 357 g/mol. The predicted octanol–water partition coefficient (Wildman–Crippen LogP) is 2.35. The predicted molar refractivity (Wildman–Crippen MR) is 94.4 cm³/mol. The highest BCUT2D eigenvalue weighted by molar-refractivity contribution is 5.92. The lowest BCUT2D eigenvalue weighted by Gasteiger charge is -2.18. The molecule has 2 atom stereocenters. The Bertz CT molecular complexity index is 950. The fourth-order valence-electron chi connectivity index (χ4n) is 3.47. The lowest BCUT2D eigenvalue weighted by molar-refractivity contribution is 0.0940. The Morgan fingerprint density at radius 2 is 2.31 bits per heavy atom. The maximum Gasteiger partial charge on any atom is 0.298 e. The zero-order valence-electron chi connectivity index (χ0n) is 14.6. The van der Waals surface area contributed by atoms with Crippen molar-refractivity contribution < 1.29 is 13.6 Å². The minimum absolute atomic E-state index is 0.131. The summed E-state index contributed by atoms with van der Waals surface area (Å²) in [5, 5.41) is 2.97. The third-order valence-electron chi connectivity index (χ3n) is 4.85. The van der Waals surface area contributed by atoms with Crippen molar-refractivity contribution in [3.8, 4) is 0 Å². The Morgan fingerprint density at radius 1 is 1.46 bits per heavy atom. The van der Waals surface area contributed by atoms with Crippen molar-refractivity contribution in [3.63, 3.8) is 0 Å². The molecule has 0 bridgehead atoms. The third-order valence-corrected chi connectivity index (χ3v) is 4.85. The number of carbonyl (C=O) groups excluding carboxylic acids is 1. The summed E-state index contributed by atoms with van der Waals surface area (Å²) in [4.78, 5) is 22.7. The molecule has 136 valence electrons. The van der Waals surface area contributed by atoms with Crippen molar-refractivity contribution in [2.45, 2.75) is 19.4 Å². The van der Waals surface area contributed by atoms with E-state index in [0.29, 0.717) is 29.4 Å². The molecule has 8 heteroatoms. The van der Waals surface area contributed by atoms with E-state index in [2.05, 4.69) is 27.1 Å². The largest absolute Gasteiger partial charge is 0.423 e. The first-order chi connectivity index (χ1) is 12.5. The monoisotopic (exact) mass is 357 g/mol. The molecular formula is C18H20FN5O2. The van der Waals surface area contributed by atoms with Gasteiger partial charge in [-0.05, 0) is 31.4 Å². The summed E-state index contributed by atoms with van der Waals surface area (Å²) in [6, 6.07) is 5.06. The van der Waals surface area contributed by atoms with E-state index < -0.39 is 0 Å². The van der Waals surface area contributed by atoms with Crippen molar-refractivity contribution in [3.05, 3.63) is 42.2 Å². The zero-order chi connectivity index (χ0) is 18.3. The second-order valence-corrected chi connectivity index (χ2v) is 6.81. The van der Waals surface area contributed by atoms with Crippen molar-refractivity contribution in [2.24, 2.45) is 13.0 Å². The van der Waals surface area contributed by atoms with E-state index in [4.69, 9.17) is 4.42 Å². The maximum absolute atomic E-state index is 13.3. The van der Waals surface area contributed by atoms with Crippen LogP contribution in [0.25, 0.3) is 11.1 Å². The Kier molecular flexibility index (Phi) is 4.10. The summed E-state index contributed by atoms with van der Waals surface area (Å²) < 4.78 is 20.8. The second kappa shape index (κ2) is 6.44. The Morgan fingerprint density at radius 3 is 3.08 bits per heavy atom. The first-order valence-corrected chi connectivity index (χ1v) is 8.58. The van der Waals surface area contributed by atoms with Crippen LogP contribution in [0.15, 0.2) is 35.1 Å². The van der Waals surface area contributed by atoms with E-state index in [1.807, 2.05) is 0 Å². The smallest absolute Gasteiger partial charge is 0.298 e. The first-order valence-electron chi connectivity index (χ1n) is 8.58. The molecule has 26 heavy (non-hydrogen) atoms. The van der Waals surface area contributed by atoms with Gasteiger partial charge in [-0.15, -0.1) is 0 Å². The van der Waals surface area contributed by atoms with E-state index in [0.717, 1.165) is 13.0 Å². The summed E-state index contributed by atoms with van der Waals surface area (Å²) in [7, 11) is 1.79. The summed E-state index contributed by atoms with van der Waals surface area (Å²) >= 11 is 0. The highest BCUT2D eigenvalue weighted by Crippen LogP contribution is 2.30. The molecular weight excluding hydrogens is 337 g/mol. The fourth-order valence-corrected chi connectivity index (χ4v) is 3.47. The van der Waals surface area contributed by atoms with Crippen LogP contribution >= 0.6 is 0 Å². The number of nitrogens with one attached hydrogen (secondary N) is 1. The number of benzene rings is 1. The van der Waals surface area contributed by atoms with Crippen molar-refractivity contribution in [2.75, 3.05) is 18.0 Å². The van der Waals surface area contributed by atoms with Crippen molar-refractivity contribution >= 4 is 23.0 Å². The van der Waals surface area contributed by atoms with Crippen LogP contribution in [0.1, 0.15) is 23.8 Å². The van der Waals surface area contributed by atoms with Gasteiger partial charge in [-0.25, -0.2) is 9.37 Å². The second-order valence-electron chi connectivity index (χ2n) is 6.81. The Balaban J connectivity index is 1.42. The van der Waals surface area contributed by atoms with Gasteiger partial charge in [0.05, 0.1) is 12.5 Å². The molecule has 0 saturated carbocycles. The number of hydrogen-bond donors (Lipinski definition) is 1. The van der Waals surface area contributed by atoms with Crippen LogP contribution < -0.4 is 10.2 Å². The van der Waals surface area contributed by atoms with Crippen LogP contribution in [0, 0.1) is 11.7 Å². The molecule has 2 unspecified atom stereocenters. The summed E-state index contributed by atoms with van der Waals surface area (Å²) in [6.45, 7) is 3.39. The van der Waals surface area contributed by atoms with Crippen LogP contribution in [-0.2, 0) is 7.05 Å². The summed E-state index contributed by atoms with van der Waals surface area (Å²) in [5.74, 6) is -0.187. The van der Waals surface area contributed by atoms with Gasteiger partial charge in [0, 0.05) is 32.2 Å². The van der Waals surface area contributed by atoms with E-state index in [9.17, 15) is 9.18 Å². The van der Waals surface area contributed by atoms with Crippen molar-refractivity contribution in [1.82, 2.24) is 19.9 Å². The number of aromatic nitrogens is 3. The third kappa shape index (κ3) is 3.02. The lowest BCUT2D eigenvalue weighted by atomic mass is 10.1. The molecule has 4 rings (SSSR count). The van der Waals surface area contributed by atoms with Gasteiger partial charge in [0.1, 0.15) is 17.0 Å². The molecule has 1 aliphatic rings. The van der Waals surface area contributed by atoms with Gasteiger partial charge in [-0.1, -0.05) is 0 Å². The standard InChI is InChI=1S/C18H20FN5O2/c1-11-5-12(7-21-17(25)15-8-20-10-23(15)2)9-24(11)18-22-14-4-3-13(19)6-16(14)26-18/h3-4,6,8,10-12H,5,7,9H2,1-2H3,(H,21,25). The number of rotatable bonds is 4. The minimum atomic E-state index is -0.342. The van der Waals surface area contributed by atoms with Crippen LogP contribution in [0.4, 0.5) is 10.4 Å². The van der Waals surface area contributed by atoms with Gasteiger partial charge in [-0.2, -0.15) is 4.98 Å². The van der Waals surface area contributed by atoms with Crippen LogP contribution in [0.2, 0.25) is 0 Å². The van der Waals surface area contributed by atoms with E-state index in [1.54, 1.807) is 30.2 Å². The molecule has 7 nitrogen and oxygen atoms in total. The lowest BCUT2D eigenvalue weighted by Crippen LogP contribution is -2.32. The molecule has 1 N–H and O–H groups in total. The number of aryl methyl sites for hydroxylation is 1. The molecule has 1 fully saturated rings. The molecule has 0 aliphatic carbocycles. The van der Waals surface area contributed by atoms with Crippen LogP contribution in [-0.4, -0.2) is 39.6 Å². The van der Waals surface area contributed by atoms with Crippen molar-refractivity contribution in [1.29, 1.82) is 0 Å². The highest BCUT2D eigenvalue weighted by Gasteiger charge is 2.32. The topological polar surface area (TPSA) is 76.2 Å². The molecule has 3 aromatic rings. The molecule has 0 radical (unpaired) electrons. The normalized spacial score (nSPS) is 20.0. The molecule has 2 aromatic heterocycles. The average Bonchev–Trinajstić information content (AvgIpc) is 3.30. The summed E-state index contributed by atoms with van der Waals surface area (Å²) in [6.07, 6.45) is 4.07. The van der Waals surface area contributed by atoms with Gasteiger partial charge in [0.25, 0.3) is 11.9 Å². The number of fused-ring (bicyclic) bond motifs is 1. The van der Waals surface area contributed by atoms with Gasteiger partial charge in [-0.3, -0.25) is 4.79 Å². The minimum Gasteiger partial charge on any atom is -0.423 e. The molecule has 3 heterocycles. The van der Waals surface area contributed by atoms with Gasteiger partial charge >= 0.3 is 0 Å². The first kappa shape index (κ1) is 16.6. The summed E-state index contributed by atoms with van der Waals surface area (Å²) in [5.41, 5.74) is 1.62. The number of carbonyl (C=O) groups is 1. The molecule has 0 spiro atoms. The maximum atomic E-state index is 13.3. The van der Waals surface area contributed by atoms with Crippen LogP contribution in [0.3, 0.4) is 0 Å². The van der Waals surface area contributed by atoms with E-state index in [1.165, 1.54) is 12.1 Å². The van der Waals surface area contributed by atoms with Gasteiger partial charge in [0.2, 0.25) is 0 Å². The molecule has 1 saturated heterocycles. The molecule has 1 aliphatic heterocycles. The van der Waals surface area contributed by atoms with E-state index in [-0.39, 0.29) is 23.7 Å². The quantitative estimate of drug-likeness (QED) is 0.776. The van der Waals surface area contributed by atoms with E-state index >= 15 is 0 Å². The van der Waals surface area contributed by atoms with Crippen LogP contribution in [0.5, 0.6) is 0 Å². The SMILES string of the molecule is CC1CC(CNC(=O)c2cncn2C)CN1c1nc2ccc(F)cc2o1. The zero-order valence-corrected chi connectivity index (χ0v) is 14.6. The number of hydrogen-bond acceptors (Lipinski definition) is 5. The Labute approximate surface area is 149 Å². The number of oxazole rings is 1. The number of anilines is 1. The number of halogens is 1. The van der Waals surface area contributed by atoms with Gasteiger partial charge in [0.15, 0.2) is 5.58 Å². The fraction of sp³-hybridized carbons (Fsp3) is 0.389. The number of nitrogens with zero attached hydrogens (tertiary/aromatic N) is 4. The highest BCUT2D eigenvalue weighted by atomic mass is 19.1.